The maximum atomic E-state index is 11.5. The van der Waals surface area contributed by atoms with Crippen LogP contribution >= 0.6 is 0 Å². The highest BCUT2D eigenvalue weighted by Gasteiger charge is 2.09. The smallest absolute Gasteiger partial charge is 0.163 e. The minimum atomic E-state index is -0.00686. The van der Waals surface area contributed by atoms with Crippen LogP contribution in [0.1, 0.15) is 17.3 Å². The SMILES string of the molecule is COc1ccc(-c2cccnc2)cc1C(C)=O. The molecule has 0 aliphatic rings. The lowest BCUT2D eigenvalue weighted by Crippen LogP contribution is -1.97. The van der Waals surface area contributed by atoms with E-state index >= 15 is 0 Å². The van der Waals surface area contributed by atoms with Crippen LogP contribution in [0.4, 0.5) is 0 Å². The van der Waals surface area contributed by atoms with Gasteiger partial charge >= 0.3 is 0 Å². The number of carbonyl (C=O) groups excluding carboxylic acids is 1. The summed E-state index contributed by atoms with van der Waals surface area (Å²) in [5, 5.41) is 0. The molecule has 0 bridgehead atoms. The molecule has 0 radical (unpaired) electrons. The average Bonchev–Trinajstić information content (AvgIpc) is 2.39. The zero-order chi connectivity index (χ0) is 12.3. The Labute approximate surface area is 100 Å². The molecule has 3 nitrogen and oxygen atoms in total. The molecule has 0 unspecified atom stereocenters. The molecule has 1 aromatic carbocycles. The number of rotatable bonds is 3. The van der Waals surface area contributed by atoms with Gasteiger partial charge in [0.05, 0.1) is 12.7 Å². The number of methoxy groups -OCH3 is 1. The molecule has 2 aromatic rings. The molecule has 1 heterocycles. The third-order valence-electron chi connectivity index (χ3n) is 2.57. The summed E-state index contributed by atoms with van der Waals surface area (Å²) in [4.78, 5) is 15.6. The van der Waals surface area contributed by atoms with Crippen molar-refractivity contribution >= 4 is 5.78 Å². The normalized spacial score (nSPS) is 10.0. The van der Waals surface area contributed by atoms with Crippen molar-refractivity contribution in [1.82, 2.24) is 4.98 Å². The molecule has 0 amide bonds. The summed E-state index contributed by atoms with van der Waals surface area (Å²) in [6.45, 7) is 1.53. The Hall–Kier alpha value is -2.16. The van der Waals surface area contributed by atoms with Crippen molar-refractivity contribution in [1.29, 1.82) is 0 Å². The third kappa shape index (κ3) is 2.33. The largest absolute Gasteiger partial charge is 0.496 e. The van der Waals surface area contributed by atoms with Crippen LogP contribution in [0.15, 0.2) is 42.7 Å². The predicted molar refractivity (Wildman–Crippen MR) is 66.2 cm³/mol. The number of ether oxygens (including phenoxy) is 1. The molecule has 3 heteroatoms. The number of hydrogen-bond donors (Lipinski definition) is 0. The number of Topliss-reactive ketones (excluding diaryl/α,β-unsaturated/α-hetero) is 1. The van der Waals surface area contributed by atoms with Gasteiger partial charge in [0.25, 0.3) is 0 Å². The molecule has 86 valence electrons. The molecule has 0 atom stereocenters. The van der Waals surface area contributed by atoms with E-state index in [-0.39, 0.29) is 5.78 Å². The topological polar surface area (TPSA) is 39.2 Å². The van der Waals surface area contributed by atoms with Crippen LogP contribution < -0.4 is 4.74 Å². The summed E-state index contributed by atoms with van der Waals surface area (Å²) in [6.07, 6.45) is 3.49. The van der Waals surface area contributed by atoms with Crippen LogP contribution in [0.2, 0.25) is 0 Å². The van der Waals surface area contributed by atoms with Crippen LogP contribution in [-0.2, 0) is 0 Å². The summed E-state index contributed by atoms with van der Waals surface area (Å²) >= 11 is 0. The van der Waals surface area contributed by atoms with Crippen molar-refractivity contribution in [2.75, 3.05) is 7.11 Å². The number of nitrogens with zero attached hydrogens (tertiary/aromatic N) is 1. The van der Waals surface area contributed by atoms with Gasteiger partial charge in [0.1, 0.15) is 5.75 Å². The first-order valence-electron chi connectivity index (χ1n) is 5.31. The van der Waals surface area contributed by atoms with Gasteiger partial charge in [-0.1, -0.05) is 12.1 Å². The molecule has 0 fully saturated rings. The maximum Gasteiger partial charge on any atom is 0.163 e. The summed E-state index contributed by atoms with van der Waals surface area (Å²) in [7, 11) is 1.56. The molecule has 0 N–H and O–H groups in total. The Morgan fingerprint density at radius 2 is 2.06 bits per heavy atom. The lowest BCUT2D eigenvalue weighted by Gasteiger charge is -2.08. The minimum absolute atomic E-state index is 0.00686. The predicted octanol–water partition coefficient (Wildman–Crippen LogP) is 2.96. The number of carbonyl (C=O) groups is 1. The summed E-state index contributed by atoms with van der Waals surface area (Å²) in [6, 6.07) is 9.38. The first kappa shape index (κ1) is 11.3. The molecule has 2 rings (SSSR count). The van der Waals surface area contributed by atoms with Crippen molar-refractivity contribution in [3.63, 3.8) is 0 Å². The fourth-order valence-corrected chi connectivity index (χ4v) is 1.70. The van der Waals surface area contributed by atoms with Gasteiger partial charge in [-0.05, 0) is 30.7 Å². The third-order valence-corrected chi connectivity index (χ3v) is 2.57. The average molecular weight is 227 g/mol. The van der Waals surface area contributed by atoms with Gasteiger partial charge in [-0.25, -0.2) is 0 Å². The lowest BCUT2D eigenvalue weighted by molar-refractivity contribution is 0.101. The second-order valence-corrected chi connectivity index (χ2v) is 3.71. The number of hydrogen-bond acceptors (Lipinski definition) is 3. The quantitative estimate of drug-likeness (QED) is 0.757. The van der Waals surface area contributed by atoms with Gasteiger partial charge in [-0.3, -0.25) is 9.78 Å². The molecule has 17 heavy (non-hydrogen) atoms. The fourth-order valence-electron chi connectivity index (χ4n) is 1.70. The Morgan fingerprint density at radius 1 is 1.24 bits per heavy atom. The van der Waals surface area contributed by atoms with E-state index in [1.54, 1.807) is 25.6 Å². The van der Waals surface area contributed by atoms with Crippen LogP contribution in [0, 0.1) is 0 Å². The van der Waals surface area contributed by atoms with Gasteiger partial charge in [0, 0.05) is 18.0 Å². The Morgan fingerprint density at radius 3 is 2.65 bits per heavy atom. The highest BCUT2D eigenvalue weighted by Crippen LogP contribution is 2.26. The number of pyridine rings is 1. The van der Waals surface area contributed by atoms with Crippen molar-refractivity contribution in [3.05, 3.63) is 48.3 Å². The highest BCUT2D eigenvalue weighted by atomic mass is 16.5. The molecule has 1 aromatic heterocycles. The van der Waals surface area contributed by atoms with Gasteiger partial charge in [0.15, 0.2) is 5.78 Å². The van der Waals surface area contributed by atoms with Crippen molar-refractivity contribution in [2.45, 2.75) is 6.92 Å². The van der Waals surface area contributed by atoms with E-state index in [0.717, 1.165) is 11.1 Å². The van der Waals surface area contributed by atoms with E-state index in [0.29, 0.717) is 11.3 Å². The van der Waals surface area contributed by atoms with E-state index in [1.807, 2.05) is 24.3 Å². The number of ketones is 1. The van der Waals surface area contributed by atoms with Crippen LogP contribution in [0.5, 0.6) is 5.75 Å². The maximum absolute atomic E-state index is 11.5. The van der Waals surface area contributed by atoms with Crippen molar-refractivity contribution in [3.8, 4) is 16.9 Å². The van der Waals surface area contributed by atoms with E-state index in [1.165, 1.54) is 6.92 Å². The van der Waals surface area contributed by atoms with E-state index in [9.17, 15) is 4.79 Å². The van der Waals surface area contributed by atoms with Gasteiger partial charge in [-0.15, -0.1) is 0 Å². The molecular weight excluding hydrogens is 214 g/mol. The standard InChI is InChI=1S/C14H13NO2/c1-10(16)13-8-11(5-6-14(13)17-2)12-4-3-7-15-9-12/h3-9H,1-2H3. The Bertz CT molecular complexity index is 535. The monoisotopic (exact) mass is 227 g/mol. The van der Waals surface area contributed by atoms with Gasteiger partial charge in [-0.2, -0.15) is 0 Å². The fraction of sp³-hybridized carbons (Fsp3) is 0.143. The minimum Gasteiger partial charge on any atom is -0.496 e. The van der Waals surface area contributed by atoms with Crippen LogP contribution in [0.25, 0.3) is 11.1 Å². The van der Waals surface area contributed by atoms with E-state index in [2.05, 4.69) is 4.98 Å². The lowest BCUT2D eigenvalue weighted by atomic mass is 10.0. The number of benzene rings is 1. The first-order valence-corrected chi connectivity index (χ1v) is 5.31. The number of aromatic nitrogens is 1. The van der Waals surface area contributed by atoms with E-state index < -0.39 is 0 Å². The Balaban J connectivity index is 2.51. The summed E-state index contributed by atoms with van der Waals surface area (Å²) in [5.74, 6) is 0.595. The van der Waals surface area contributed by atoms with Crippen molar-refractivity contribution in [2.24, 2.45) is 0 Å². The summed E-state index contributed by atoms with van der Waals surface area (Å²) in [5.41, 5.74) is 2.54. The molecule has 0 spiro atoms. The highest BCUT2D eigenvalue weighted by molar-refractivity contribution is 5.98. The van der Waals surface area contributed by atoms with Crippen LogP contribution in [0.3, 0.4) is 0 Å². The molecule has 0 aliphatic heterocycles. The Kier molecular flexibility index (Phi) is 3.19. The second-order valence-electron chi connectivity index (χ2n) is 3.71. The van der Waals surface area contributed by atoms with Gasteiger partial charge in [0.2, 0.25) is 0 Å². The van der Waals surface area contributed by atoms with Crippen molar-refractivity contribution < 1.29 is 9.53 Å². The molecule has 0 aliphatic carbocycles. The molecule has 0 saturated heterocycles. The zero-order valence-electron chi connectivity index (χ0n) is 9.81. The van der Waals surface area contributed by atoms with Crippen LogP contribution in [-0.4, -0.2) is 17.9 Å². The zero-order valence-corrected chi connectivity index (χ0v) is 9.81. The molecule has 0 saturated carbocycles. The van der Waals surface area contributed by atoms with E-state index in [4.69, 9.17) is 4.74 Å². The van der Waals surface area contributed by atoms with Gasteiger partial charge < -0.3 is 4.74 Å². The first-order chi connectivity index (χ1) is 8.22. The summed E-state index contributed by atoms with van der Waals surface area (Å²) < 4.78 is 5.16. The second kappa shape index (κ2) is 4.78. The molecular formula is C14H13NO2.